The van der Waals surface area contributed by atoms with E-state index >= 15 is 0 Å². The molecule has 6 nitrogen and oxygen atoms in total. The molecule has 164 valence electrons. The van der Waals surface area contributed by atoms with E-state index in [1.165, 1.54) is 0 Å². The van der Waals surface area contributed by atoms with E-state index in [0.717, 1.165) is 12.3 Å². The largest absolute Gasteiger partial charge is 0.379 e. The molecule has 0 aliphatic rings. The van der Waals surface area contributed by atoms with Crippen LogP contribution in [0, 0.1) is 23.7 Å². The molecule has 0 radical (unpaired) electrons. The van der Waals surface area contributed by atoms with Crippen LogP contribution in [0.5, 0.6) is 0 Å². The molecule has 1 unspecified atom stereocenters. The Balaban J connectivity index is 3.52. The van der Waals surface area contributed by atoms with Gasteiger partial charge in [0, 0.05) is 24.6 Å². The lowest BCUT2D eigenvalue weighted by atomic mass is 10.2. The Morgan fingerprint density at radius 2 is 1.71 bits per heavy atom. The molecule has 28 heavy (non-hydrogen) atoms. The Morgan fingerprint density at radius 3 is 2.36 bits per heavy atom. The Labute approximate surface area is 179 Å². The van der Waals surface area contributed by atoms with Crippen LogP contribution in [-0.4, -0.2) is 70.3 Å². The Bertz CT molecular complexity index is 440. The number of rotatable bonds is 17. The maximum atomic E-state index is 11.6. The highest BCUT2D eigenvalue weighted by Crippen LogP contribution is 2.31. The van der Waals surface area contributed by atoms with E-state index in [9.17, 15) is 4.79 Å². The predicted molar refractivity (Wildman–Crippen MR) is 120 cm³/mol. The van der Waals surface area contributed by atoms with Crippen molar-refractivity contribution in [2.45, 2.75) is 39.6 Å². The third-order valence-corrected chi connectivity index (χ3v) is 6.12. The van der Waals surface area contributed by atoms with Crippen molar-refractivity contribution < 1.29 is 19.0 Å². The summed E-state index contributed by atoms with van der Waals surface area (Å²) in [5, 5.41) is 5.89. The monoisotopic (exact) mass is 434 g/mol. The van der Waals surface area contributed by atoms with E-state index in [-0.39, 0.29) is 11.3 Å². The van der Waals surface area contributed by atoms with Gasteiger partial charge in [0.25, 0.3) is 0 Å². The highest BCUT2D eigenvalue weighted by Gasteiger charge is 2.14. The predicted octanol–water partition coefficient (Wildman–Crippen LogP) is 2.78. The summed E-state index contributed by atoms with van der Waals surface area (Å²) in [6.07, 6.45) is 0.338. The van der Waals surface area contributed by atoms with E-state index in [2.05, 4.69) is 36.3 Å². The number of amides is 1. The molecule has 0 saturated heterocycles. The average Bonchev–Trinajstić information content (AvgIpc) is 2.65. The minimum absolute atomic E-state index is 0.0443. The summed E-state index contributed by atoms with van der Waals surface area (Å²) >= 11 is 0. The van der Waals surface area contributed by atoms with Crippen molar-refractivity contribution >= 4 is 27.5 Å². The molecule has 0 aromatic rings. The molecule has 0 aliphatic heterocycles. The molecule has 1 amide bonds. The first-order chi connectivity index (χ1) is 13.5. The molecule has 0 heterocycles. The van der Waals surface area contributed by atoms with Crippen LogP contribution in [0.3, 0.4) is 0 Å². The van der Waals surface area contributed by atoms with Crippen molar-refractivity contribution in [2.24, 2.45) is 11.8 Å². The fraction of sp³-hybridized carbons (Fsp3) is 0.850. The van der Waals surface area contributed by atoms with E-state index in [1.807, 2.05) is 31.7 Å². The third kappa shape index (κ3) is 18.9. The van der Waals surface area contributed by atoms with Gasteiger partial charge in [0.1, 0.15) is 5.44 Å². The summed E-state index contributed by atoms with van der Waals surface area (Å²) in [6.45, 7) is 12.2. The lowest BCUT2D eigenvalue weighted by molar-refractivity contribution is -0.122. The van der Waals surface area contributed by atoms with E-state index < -0.39 is 0 Å². The second kappa shape index (κ2) is 19.9. The van der Waals surface area contributed by atoms with Gasteiger partial charge < -0.3 is 24.8 Å². The number of carbonyl (C=O) groups excluding carboxylic acids is 1. The quantitative estimate of drug-likeness (QED) is 0.158. The van der Waals surface area contributed by atoms with Crippen LogP contribution in [0.2, 0.25) is 0 Å². The standard InChI is InChI=1S/C20H38N2O4S2/c1-17(2)7-6-9-22-19(23)8-11-24-12-13-25-14-15-26-20(18(3)4)28-27-16-10-21-5/h17-18,20-21H,8-16H2,1-5H3,(H,22,23). The summed E-state index contributed by atoms with van der Waals surface area (Å²) in [6, 6.07) is 0. The second-order valence-electron chi connectivity index (χ2n) is 6.73. The van der Waals surface area contributed by atoms with E-state index in [0.29, 0.717) is 57.8 Å². The first-order valence-corrected chi connectivity index (χ1v) is 12.3. The lowest BCUT2D eigenvalue weighted by Crippen LogP contribution is -2.25. The van der Waals surface area contributed by atoms with Gasteiger partial charge in [-0.05, 0) is 13.0 Å². The van der Waals surface area contributed by atoms with Gasteiger partial charge in [-0.2, -0.15) is 0 Å². The van der Waals surface area contributed by atoms with Crippen LogP contribution < -0.4 is 10.6 Å². The molecule has 0 aliphatic carbocycles. The van der Waals surface area contributed by atoms with Crippen LogP contribution in [0.1, 0.15) is 34.1 Å². The number of hydrogen-bond acceptors (Lipinski definition) is 7. The second-order valence-corrected chi connectivity index (χ2v) is 9.32. The fourth-order valence-corrected chi connectivity index (χ4v) is 4.45. The Kier molecular flexibility index (Phi) is 19.6. The van der Waals surface area contributed by atoms with Crippen LogP contribution >= 0.6 is 21.6 Å². The molecular formula is C20H38N2O4S2. The van der Waals surface area contributed by atoms with Crippen molar-refractivity contribution in [1.82, 2.24) is 10.6 Å². The zero-order valence-corrected chi connectivity index (χ0v) is 19.7. The van der Waals surface area contributed by atoms with Crippen LogP contribution in [0.4, 0.5) is 0 Å². The first-order valence-electron chi connectivity index (χ1n) is 9.92. The van der Waals surface area contributed by atoms with Gasteiger partial charge in [-0.15, -0.1) is 0 Å². The van der Waals surface area contributed by atoms with Crippen LogP contribution in [-0.2, 0) is 19.0 Å². The Hall–Kier alpha value is -0.430. The number of hydrogen-bond donors (Lipinski definition) is 2. The number of nitrogens with one attached hydrogen (secondary N) is 2. The van der Waals surface area contributed by atoms with Gasteiger partial charge in [0.05, 0.1) is 39.6 Å². The van der Waals surface area contributed by atoms with Gasteiger partial charge in [0.15, 0.2) is 0 Å². The highest BCUT2D eigenvalue weighted by molar-refractivity contribution is 8.76. The molecule has 0 saturated carbocycles. The van der Waals surface area contributed by atoms with Crippen molar-refractivity contribution in [3.63, 3.8) is 0 Å². The summed E-state index contributed by atoms with van der Waals surface area (Å²) < 4.78 is 16.8. The van der Waals surface area contributed by atoms with Crippen molar-refractivity contribution in [3.8, 4) is 11.8 Å². The molecule has 1 atom stereocenters. The van der Waals surface area contributed by atoms with Crippen LogP contribution in [0.15, 0.2) is 0 Å². The molecule has 0 fully saturated rings. The molecule has 0 rings (SSSR count). The molecule has 0 spiro atoms. The molecular weight excluding hydrogens is 396 g/mol. The number of ether oxygens (including phenoxy) is 3. The summed E-state index contributed by atoms with van der Waals surface area (Å²) in [7, 11) is 5.57. The molecule has 0 bridgehead atoms. The van der Waals surface area contributed by atoms with Gasteiger partial charge in [-0.3, -0.25) is 4.79 Å². The minimum Gasteiger partial charge on any atom is -0.379 e. The molecule has 8 heteroatoms. The topological polar surface area (TPSA) is 68.8 Å². The summed E-state index contributed by atoms with van der Waals surface area (Å²) in [5.74, 6) is 7.71. The zero-order chi connectivity index (χ0) is 21.0. The average molecular weight is 435 g/mol. The summed E-state index contributed by atoms with van der Waals surface area (Å²) in [4.78, 5) is 11.6. The van der Waals surface area contributed by atoms with Crippen molar-refractivity contribution in [2.75, 3.05) is 58.9 Å². The van der Waals surface area contributed by atoms with E-state index in [1.54, 1.807) is 10.8 Å². The van der Waals surface area contributed by atoms with Gasteiger partial charge in [-0.1, -0.05) is 61.1 Å². The van der Waals surface area contributed by atoms with Gasteiger partial charge in [0.2, 0.25) is 5.91 Å². The molecule has 0 aromatic carbocycles. The van der Waals surface area contributed by atoms with Gasteiger partial charge in [-0.25, -0.2) is 0 Å². The van der Waals surface area contributed by atoms with Gasteiger partial charge >= 0.3 is 0 Å². The third-order valence-electron chi connectivity index (χ3n) is 3.26. The normalized spacial score (nSPS) is 12.1. The first kappa shape index (κ1) is 27.6. The molecule has 0 aromatic heterocycles. The number of carbonyl (C=O) groups is 1. The maximum absolute atomic E-state index is 11.6. The lowest BCUT2D eigenvalue weighted by Gasteiger charge is -2.20. The molecule has 2 N–H and O–H groups in total. The highest BCUT2D eigenvalue weighted by atomic mass is 33.1. The summed E-state index contributed by atoms with van der Waals surface area (Å²) in [5.41, 5.74) is 0.172. The fourth-order valence-electron chi connectivity index (χ4n) is 1.79. The zero-order valence-electron chi connectivity index (χ0n) is 18.0. The van der Waals surface area contributed by atoms with E-state index in [4.69, 9.17) is 14.2 Å². The SMILES string of the molecule is CNCCSSC(OCCOCCOCCC(=O)NCC#CC(C)C)C(C)C. The smallest absolute Gasteiger partial charge is 0.223 e. The van der Waals surface area contributed by atoms with Crippen molar-refractivity contribution in [3.05, 3.63) is 0 Å². The Morgan fingerprint density at radius 1 is 1.04 bits per heavy atom. The maximum Gasteiger partial charge on any atom is 0.223 e. The van der Waals surface area contributed by atoms with Crippen molar-refractivity contribution in [1.29, 1.82) is 0 Å². The minimum atomic E-state index is -0.0443. The van der Waals surface area contributed by atoms with Crippen LogP contribution in [0.25, 0.3) is 0 Å².